The third-order valence-electron chi connectivity index (χ3n) is 8.50. The van der Waals surface area contributed by atoms with Crippen molar-refractivity contribution in [1.29, 1.82) is 0 Å². The second-order valence-electron chi connectivity index (χ2n) is 12.4. The second kappa shape index (κ2) is 15.1. The Morgan fingerprint density at radius 1 is 0.958 bits per heavy atom. The van der Waals surface area contributed by atoms with E-state index in [1.807, 2.05) is 74.5 Å². The number of piperazine rings is 1. The Labute approximate surface area is 282 Å². The largest absolute Gasteiger partial charge is 0.438 e. The number of para-hydroxylation sites is 1. The van der Waals surface area contributed by atoms with E-state index in [4.69, 9.17) is 4.74 Å². The molecule has 1 fully saturated rings. The van der Waals surface area contributed by atoms with E-state index in [-0.39, 0.29) is 17.4 Å². The highest BCUT2D eigenvalue weighted by Gasteiger charge is 2.20. The summed E-state index contributed by atoms with van der Waals surface area (Å²) in [5.41, 5.74) is 6.56. The third-order valence-corrected chi connectivity index (χ3v) is 8.50. The van der Waals surface area contributed by atoms with Crippen LogP contribution in [0.15, 0.2) is 85.2 Å². The van der Waals surface area contributed by atoms with Crippen molar-refractivity contribution in [1.82, 2.24) is 30.0 Å². The van der Waals surface area contributed by atoms with Gasteiger partial charge >= 0.3 is 0 Å². The third kappa shape index (κ3) is 8.17. The Hall–Kier alpha value is -5.26. The highest BCUT2D eigenvalue weighted by molar-refractivity contribution is 6.06. The number of hydrogen-bond acceptors (Lipinski definition) is 9. The molecule has 1 saturated heterocycles. The van der Waals surface area contributed by atoms with Gasteiger partial charge in [0.15, 0.2) is 0 Å². The number of benzene rings is 3. The summed E-state index contributed by atoms with van der Waals surface area (Å²) < 4.78 is 6.29. The first-order chi connectivity index (χ1) is 23.3. The zero-order valence-electron chi connectivity index (χ0n) is 28.0. The fraction of sp³-hybridized carbons (Fsp3) is 0.297. The maximum atomic E-state index is 13.6. The second-order valence-corrected chi connectivity index (χ2v) is 12.4. The van der Waals surface area contributed by atoms with Gasteiger partial charge < -0.3 is 25.2 Å². The van der Waals surface area contributed by atoms with E-state index >= 15 is 0 Å². The number of H-pyrrole nitrogens is 1. The summed E-state index contributed by atoms with van der Waals surface area (Å²) in [5, 5.41) is 13.4. The molecule has 0 atom stereocenters. The smallest absolute Gasteiger partial charge is 0.262 e. The van der Waals surface area contributed by atoms with E-state index in [0.717, 1.165) is 73.0 Å². The lowest BCUT2D eigenvalue weighted by molar-refractivity contribution is 0.102. The average molecular weight is 646 g/mol. The van der Waals surface area contributed by atoms with Gasteiger partial charge in [-0.2, -0.15) is 10.1 Å². The molecule has 11 nitrogen and oxygen atoms in total. The Balaban J connectivity index is 1.18. The van der Waals surface area contributed by atoms with Crippen molar-refractivity contribution in [3.8, 4) is 22.9 Å². The monoisotopic (exact) mass is 645 g/mol. The van der Waals surface area contributed by atoms with Gasteiger partial charge in [-0.05, 0) is 101 Å². The van der Waals surface area contributed by atoms with Gasteiger partial charge in [-0.1, -0.05) is 30.3 Å². The Morgan fingerprint density at radius 3 is 2.42 bits per heavy atom. The molecule has 11 heteroatoms. The van der Waals surface area contributed by atoms with Crippen molar-refractivity contribution in [3.63, 3.8) is 0 Å². The molecular weight excluding hydrogens is 602 g/mol. The van der Waals surface area contributed by atoms with Crippen LogP contribution in [-0.4, -0.2) is 89.2 Å². The maximum absolute atomic E-state index is 13.6. The lowest BCUT2D eigenvalue weighted by Gasteiger charge is -2.36. The van der Waals surface area contributed by atoms with Crippen LogP contribution in [0.1, 0.15) is 27.9 Å². The number of anilines is 4. The fourth-order valence-corrected chi connectivity index (χ4v) is 5.83. The molecule has 0 saturated carbocycles. The van der Waals surface area contributed by atoms with Crippen LogP contribution in [0.2, 0.25) is 0 Å². The molecule has 0 radical (unpaired) electrons. The minimum Gasteiger partial charge on any atom is -0.438 e. The summed E-state index contributed by atoms with van der Waals surface area (Å²) in [6.07, 6.45) is 4.46. The van der Waals surface area contributed by atoms with Gasteiger partial charge in [-0.25, -0.2) is 4.98 Å². The van der Waals surface area contributed by atoms with Crippen LogP contribution in [0, 0.1) is 13.8 Å². The van der Waals surface area contributed by atoms with Gasteiger partial charge in [0.05, 0.1) is 5.69 Å². The number of ether oxygens (including phenoxy) is 1. The predicted octanol–water partition coefficient (Wildman–Crippen LogP) is 6.35. The van der Waals surface area contributed by atoms with Gasteiger partial charge in [-0.15, -0.1) is 0 Å². The molecule has 3 N–H and O–H groups in total. The van der Waals surface area contributed by atoms with Crippen molar-refractivity contribution in [2.75, 3.05) is 68.9 Å². The number of aromatic nitrogens is 4. The molecule has 1 aliphatic heterocycles. The van der Waals surface area contributed by atoms with Crippen LogP contribution >= 0.6 is 0 Å². The van der Waals surface area contributed by atoms with Crippen LogP contribution in [0.4, 0.5) is 23.0 Å². The van der Waals surface area contributed by atoms with E-state index in [9.17, 15) is 4.79 Å². The van der Waals surface area contributed by atoms with Crippen LogP contribution < -0.4 is 20.3 Å². The highest BCUT2D eigenvalue weighted by Crippen LogP contribution is 2.30. The predicted molar refractivity (Wildman–Crippen MR) is 192 cm³/mol. The van der Waals surface area contributed by atoms with Crippen molar-refractivity contribution in [2.45, 2.75) is 20.3 Å². The van der Waals surface area contributed by atoms with E-state index < -0.39 is 0 Å². The van der Waals surface area contributed by atoms with Gasteiger partial charge in [0.2, 0.25) is 11.8 Å². The van der Waals surface area contributed by atoms with Crippen molar-refractivity contribution < 1.29 is 9.53 Å². The van der Waals surface area contributed by atoms with E-state index in [2.05, 4.69) is 71.7 Å². The van der Waals surface area contributed by atoms with Crippen LogP contribution in [0.25, 0.3) is 11.3 Å². The van der Waals surface area contributed by atoms with E-state index in [0.29, 0.717) is 11.7 Å². The number of rotatable bonds is 12. The summed E-state index contributed by atoms with van der Waals surface area (Å²) in [5.74, 6) is 0.606. The zero-order valence-corrected chi connectivity index (χ0v) is 28.0. The number of carbonyl (C=O) groups excluding carboxylic acids is 1. The molecule has 3 aromatic carbocycles. The lowest BCUT2D eigenvalue weighted by Crippen LogP contribution is -2.46. The molecule has 6 rings (SSSR count). The topological polar surface area (TPSA) is 115 Å². The molecule has 2 aromatic heterocycles. The minimum atomic E-state index is -0.362. The molecule has 248 valence electrons. The van der Waals surface area contributed by atoms with Gasteiger partial charge in [-0.3, -0.25) is 14.8 Å². The summed E-state index contributed by atoms with van der Waals surface area (Å²) in [6, 6.07) is 23.6. The van der Waals surface area contributed by atoms with Crippen molar-refractivity contribution in [2.24, 2.45) is 0 Å². The van der Waals surface area contributed by atoms with Crippen molar-refractivity contribution >= 4 is 28.9 Å². The molecular formula is C37H43N9O2. The Morgan fingerprint density at radius 2 is 1.71 bits per heavy atom. The van der Waals surface area contributed by atoms with Gasteiger partial charge in [0.1, 0.15) is 11.3 Å². The molecule has 0 spiro atoms. The quantitative estimate of drug-likeness (QED) is 0.143. The summed E-state index contributed by atoms with van der Waals surface area (Å²) in [4.78, 5) is 30.0. The first-order valence-corrected chi connectivity index (χ1v) is 16.3. The molecule has 48 heavy (non-hydrogen) atoms. The number of carbonyl (C=O) groups is 1. The highest BCUT2D eigenvalue weighted by atomic mass is 16.5. The molecule has 0 bridgehead atoms. The summed E-state index contributed by atoms with van der Waals surface area (Å²) in [6.45, 7) is 10.3. The van der Waals surface area contributed by atoms with E-state index in [1.54, 1.807) is 6.20 Å². The van der Waals surface area contributed by atoms with Crippen LogP contribution in [-0.2, 0) is 0 Å². The Kier molecular flexibility index (Phi) is 10.3. The number of nitrogens with zero attached hydrogens (tertiary/aromatic N) is 6. The first-order valence-electron chi connectivity index (χ1n) is 16.3. The normalized spacial score (nSPS) is 13.5. The number of nitrogens with one attached hydrogen (secondary N) is 3. The first kappa shape index (κ1) is 32.7. The number of aromatic amines is 1. The number of aryl methyl sites for hydroxylation is 2. The number of amides is 1. The zero-order chi connectivity index (χ0) is 33.5. The van der Waals surface area contributed by atoms with Gasteiger partial charge in [0.25, 0.3) is 5.91 Å². The lowest BCUT2D eigenvalue weighted by atomic mass is 10.1. The average Bonchev–Trinajstić information content (AvgIpc) is 3.63. The minimum absolute atomic E-state index is 0.135. The standard InChI is InChI=1S/C37H43N9O2/c1-26-8-5-9-27(2)34(26)41-35(47)32-25-38-37(42-36(32)48-31-11-6-10-28(24-31)33-16-17-39-43-33)40-29-12-14-30(15-13-29)46-22-20-45(21-23-46)19-7-18-44(3)4/h5-6,8-17,24-25H,7,18-23H2,1-4H3,(H,39,43)(H,41,47)(H,38,40,42). The molecule has 5 aromatic rings. The SMILES string of the molecule is Cc1cccc(C)c1NC(=O)c1cnc(Nc2ccc(N3CCN(CCCN(C)C)CC3)cc2)nc1Oc1cccc(-c2cc[nH]n2)c1. The van der Waals surface area contributed by atoms with Crippen LogP contribution in [0.3, 0.4) is 0 Å². The van der Waals surface area contributed by atoms with Crippen molar-refractivity contribution in [3.05, 3.63) is 102 Å². The molecule has 0 unspecified atom stereocenters. The number of hydrogen-bond donors (Lipinski definition) is 3. The molecule has 1 aliphatic rings. The summed E-state index contributed by atoms with van der Waals surface area (Å²) in [7, 11) is 4.25. The Bertz CT molecular complexity index is 1800. The fourth-order valence-electron chi connectivity index (χ4n) is 5.83. The molecule has 3 heterocycles. The van der Waals surface area contributed by atoms with Crippen LogP contribution in [0.5, 0.6) is 11.6 Å². The molecule has 1 amide bonds. The maximum Gasteiger partial charge on any atom is 0.262 e. The van der Waals surface area contributed by atoms with Gasteiger partial charge in [0, 0.05) is 61.2 Å². The molecule has 0 aliphatic carbocycles. The summed E-state index contributed by atoms with van der Waals surface area (Å²) >= 11 is 0. The van der Waals surface area contributed by atoms with E-state index in [1.165, 1.54) is 18.3 Å².